The molecule has 0 saturated carbocycles. The zero-order valence-corrected chi connectivity index (χ0v) is 19.4. The Hall–Kier alpha value is -4.17. The van der Waals surface area contributed by atoms with Crippen LogP contribution in [0.15, 0.2) is 101 Å². The number of amides is 1. The van der Waals surface area contributed by atoms with Crippen molar-refractivity contribution in [3.8, 4) is 22.8 Å². The van der Waals surface area contributed by atoms with Crippen LogP contribution in [0, 0.1) is 0 Å². The molecule has 0 saturated heterocycles. The molecular formula is C26H23N5O2S. The number of carbonyl (C=O) groups is 1. The standard InChI is InChI=1S/C26H23N5O2S/c1-33-23-16-14-21(15-17-23)25-29-30-26(31(25)22-12-6-3-7-13-22)34-19-24(32)28-27-18-8-11-20-9-4-2-5-10-20/h2-18H,19H2,1H3,(H,28,32). The van der Waals surface area contributed by atoms with Gasteiger partial charge in [0.05, 0.1) is 12.9 Å². The number of ether oxygens (including phenoxy) is 1. The van der Waals surface area contributed by atoms with Crippen LogP contribution in [0.4, 0.5) is 0 Å². The van der Waals surface area contributed by atoms with Gasteiger partial charge in [-0.15, -0.1) is 10.2 Å². The van der Waals surface area contributed by atoms with E-state index in [0.29, 0.717) is 11.0 Å². The van der Waals surface area contributed by atoms with E-state index in [4.69, 9.17) is 4.74 Å². The van der Waals surface area contributed by atoms with Gasteiger partial charge in [-0.3, -0.25) is 9.36 Å². The zero-order chi connectivity index (χ0) is 23.6. The fraction of sp³-hybridized carbons (Fsp3) is 0.0769. The molecule has 1 amide bonds. The lowest BCUT2D eigenvalue weighted by Crippen LogP contribution is -2.19. The number of carbonyl (C=O) groups excluding carboxylic acids is 1. The molecule has 3 aromatic carbocycles. The first-order chi connectivity index (χ1) is 16.7. The van der Waals surface area contributed by atoms with Crippen molar-refractivity contribution in [2.75, 3.05) is 12.9 Å². The molecule has 0 atom stereocenters. The highest BCUT2D eigenvalue weighted by Crippen LogP contribution is 2.28. The molecule has 0 aliphatic heterocycles. The third-order valence-electron chi connectivity index (χ3n) is 4.77. The van der Waals surface area contributed by atoms with E-state index >= 15 is 0 Å². The van der Waals surface area contributed by atoms with E-state index < -0.39 is 0 Å². The average molecular weight is 470 g/mol. The lowest BCUT2D eigenvalue weighted by atomic mass is 10.2. The summed E-state index contributed by atoms with van der Waals surface area (Å²) in [5.41, 5.74) is 5.40. The van der Waals surface area contributed by atoms with E-state index in [0.717, 1.165) is 22.6 Å². The van der Waals surface area contributed by atoms with Gasteiger partial charge in [0.15, 0.2) is 11.0 Å². The van der Waals surface area contributed by atoms with Crippen LogP contribution in [0.5, 0.6) is 5.75 Å². The molecule has 0 unspecified atom stereocenters. The molecule has 0 spiro atoms. The highest BCUT2D eigenvalue weighted by Gasteiger charge is 2.17. The summed E-state index contributed by atoms with van der Waals surface area (Å²) in [7, 11) is 1.63. The van der Waals surface area contributed by atoms with Crippen molar-refractivity contribution in [1.29, 1.82) is 0 Å². The van der Waals surface area contributed by atoms with Gasteiger partial charge in [-0.2, -0.15) is 5.10 Å². The summed E-state index contributed by atoms with van der Waals surface area (Å²) in [4.78, 5) is 12.3. The fourth-order valence-corrected chi connectivity index (χ4v) is 3.88. The number of methoxy groups -OCH3 is 1. The molecule has 1 N–H and O–H groups in total. The second-order valence-corrected chi connectivity index (χ2v) is 8.02. The molecule has 0 aliphatic carbocycles. The number of nitrogens with one attached hydrogen (secondary N) is 1. The largest absolute Gasteiger partial charge is 0.497 e. The van der Waals surface area contributed by atoms with Crippen molar-refractivity contribution in [2.24, 2.45) is 5.10 Å². The maximum atomic E-state index is 12.3. The SMILES string of the molecule is COc1ccc(-c2nnc(SCC(=O)NN=CC=Cc3ccccc3)n2-c2ccccc2)cc1. The van der Waals surface area contributed by atoms with Crippen molar-refractivity contribution in [1.82, 2.24) is 20.2 Å². The number of aromatic nitrogens is 3. The van der Waals surface area contributed by atoms with Crippen molar-refractivity contribution < 1.29 is 9.53 Å². The summed E-state index contributed by atoms with van der Waals surface area (Å²) >= 11 is 1.29. The van der Waals surface area contributed by atoms with E-state index in [2.05, 4.69) is 20.7 Å². The number of benzene rings is 3. The minimum atomic E-state index is -0.233. The third kappa shape index (κ3) is 5.99. The van der Waals surface area contributed by atoms with Gasteiger partial charge in [-0.1, -0.05) is 66.4 Å². The fourth-order valence-electron chi connectivity index (χ4n) is 3.13. The summed E-state index contributed by atoms with van der Waals surface area (Å²) in [6, 6.07) is 27.3. The molecule has 4 aromatic rings. The lowest BCUT2D eigenvalue weighted by Gasteiger charge is -2.10. The average Bonchev–Trinajstić information content (AvgIpc) is 3.32. The number of hydrogen-bond acceptors (Lipinski definition) is 6. The Bertz CT molecular complexity index is 1270. The van der Waals surface area contributed by atoms with Crippen molar-refractivity contribution in [3.05, 3.63) is 96.6 Å². The van der Waals surface area contributed by atoms with E-state index in [1.165, 1.54) is 11.8 Å². The monoisotopic (exact) mass is 469 g/mol. The number of hydrogen-bond donors (Lipinski definition) is 1. The van der Waals surface area contributed by atoms with E-state index in [1.807, 2.05) is 95.6 Å². The molecule has 170 valence electrons. The molecule has 0 aliphatic rings. The van der Waals surface area contributed by atoms with Gasteiger partial charge in [0.1, 0.15) is 5.75 Å². The third-order valence-corrected chi connectivity index (χ3v) is 5.70. The Morgan fingerprint density at radius 1 is 1.00 bits per heavy atom. The Labute approximate surface area is 202 Å². The number of para-hydroxylation sites is 1. The maximum absolute atomic E-state index is 12.3. The molecule has 34 heavy (non-hydrogen) atoms. The van der Waals surface area contributed by atoms with Gasteiger partial charge in [-0.25, -0.2) is 5.43 Å². The maximum Gasteiger partial charge on any atom is 0.250 e. The van der Waals surface area contributed by atoms with Crippen LogP contribution >= 0.6 is 11.8 Å². The Kier molecular flexibility index (Phi) is 7.86. The first-order valence-corrected chi connectivity index (χ1v) is 11.5. The number of hydrazone groups is 1. The van der Waals surface area contributed by atoms with Crippen LogP contribution in [-0.4, -0.2) is 39.7 Å². The van der Waals surface area contributed by atoms with Crippen LogP contribution < -0.4 is 10.2 Å². The highest BCUT2D eigenvalue weighted by molar-refractivity contribution is 7.99. The molecule has 0 bridgehead atoms. The minimum absolute atomic E-state index is 0.146. The second-order valence-electron chi connectivity index (χ2n) is 7.08. The number of rotatable bonds is 9. The zero-order valence-electron chi connectivity index (χ0n) is 18.5. The van der Waals surface area contributed by atoms with E-state index in [1.54, 1.807) is 19.4 Å². The van der Waals surface area contributed by atoms with Crippen LogP contribution in [-0.2, 0) is 4.79 Å². The second kappa shape index (κ2) is 11.6. The quantitative estimate of drug-likeness (QED) is 0.215. The van der Waals surface area contributed by atoms with Crippen LogP contribution in [0.1, 0.15) is 5.56 Å². The number of thioether (sulfide) groups is 1. The van der Waals surface area contributed by atoms with Gasteiger partial charge < -0.3 is 4.74 Å². The first kappa shape index (κ1) is 23.0. The van der Waals surface area contributed by atoms with Crippen LogP contribution in [0.2, 0.25) is 0 Å². The van der Waals surface area contributed by atoms with Crippen molar-refractivity contribution in [3.63, 3.8) is 0 Å². The number of nitrogens with zero attached hydrogens (tertiary/aromatic N) is 4. The summed E-state index contributed by atoms with van der Waals surface area (Å²) in [6.07, 6.45) is 5.23. The smallest absolute Gasteiger partial charge is 0.250 e. The van der Waals surface area contributed by atoms with E-state index in [9.17, 15) is 4.79 Å². The molecule has 0 fully saturated rings. The summed E-state index contributed by atoms with van der Waals surface area (Å²) in [5, 5.41) is 13.3. The molecule has 4 rings (SSSR count). The molecule has 8 heteroatoms. The van der Waals surface area contributed by atoms with Gasteiger partial charge in [0.25, 0.3) is 5.91 Å². The number of allylic oxidation sites excluding steroid dienone is 1. The van der Waals surface area contributed by atoms with Crippen molar-refractivity contribution in [2.45, 2.75) is 5.16 Å². The molecular weight excluding hydrogens is 446 g/mol. The predicted molar refractivity (Wildman–Crippen MR) is 136 cm³/mol. The molecule has 1 heterocycles. The predicted octanol–water partition coefficient (Wildman–Crippen LogP) is 4.85. The van der Waals surface area contributed by atoms with Gasteiger partial charge >= 0.3 is 0 Å². The van der Waals surface area contributed by atoms with Gasteiger partial charge in [0, 0.05) is 17.5 Å². The minimum Gasteiger partial charge on any atom is -0.497 e. The highest BCUT2D eigenvalue weighted by atomic mass is 32.2. The van der Waals surface area contributed by atoms with E-state index in [-0.39, 0.29) is 11.7 Å². The topological polar surface area (TPSA) is 81.4 Å². The molecule has 0 radical (unpaired) electrons. The Balaban J connectivity index is 1.44. The van der Waals surface area contributed by atoms with Crippen LogP contribution in [0.25, 0.3) is 23.2 Å². The summed E-state index contributed by atoms with van der Waals surface area (Å²) in [6.45, 7) is 0. The van der Waals surface area contributed by atoms with Crippen LogP contribution in [0.3, 0.4) is 0 Å². The summed E-state index contributed by atoms with van der Waals surface area (Å²) < 4.78 is 7.19. The Morgan fingerprint density at radius 2 is 1.71 bits per heavy atom. The van der Waals surface area contributed by atoms with Gasteiger partial charge in [0.2, 0.25) is 0 Å². The normalized spacial score (nSPS) is 11.2. The van der Waals surface area contributed by atoms with Crippen molar-refractivity contribution >= 4 is 30.0 Å². The summed E-state index contributed by atoms with van der Waals surface area (Å²) in [5.74, 6) is 1.36. The van der Waals surface area contributed by atoms with Gasteiger partial charge in [-0.05, 0) is 48.0 Å². The lowest BCUT2D eigenvalue weighted by molar-refractivity contribution is -0.118. The molecule has 7 nitrogen and oxygen atoms in total. The molecule has 1 aromatic heterocycles. The Morgan fingerprint density at radius 3 is 2.41 bits per heavy atom. The first-order valence-electron chi connectivity index (χ1n) is 10.6.